The zero-order chi connectivity index (χ0) is 44.2. The molecule has 2 aliphatic carbocycles. The number of amides is 2. The molecule has 6 fully saturated rings. The second-order valence-corrected chi connectivity index (χ2v) is 23.5. The molecular formula is C52H88N2O6. The molecule has 10 atom stereocenters. The normalized spacial score (nSPS) is 37.9. The predicted molar refractivity (Wildman–Crippen MR) is 241 cm³/mol. The van der Waals surface area contributed by atoms with Crippen LogP contribution in [0.1, 0.15) is 198 Å². The summed E-state index contributed by atoms with van der Waals surface area (Å²) in [6.45, 7) is 23.5. The van der Waals surface area contributed by atoms with Crippen LogP contribution in [0.3, 0.4) is 0 Å². The van der Waals surface area contributed by atoms with Crippen LogP contribution in [0.5, 0.6) is 0 Å². The molecule has 6 rings (SSSR count). The Labute approximate surface area is 365 Å². The monoisotopic (exact) mass is 837 g/mol. The fourth-order valence-corrected chi connectivity index (χ4v) is 12.4. The smallest absolute Gasteiger partial charge is 0.226 e. The van der Waals surface area contributed by atoms with Gasteiger partial charge < -0.3 is 19.7 Å². The number of aldehydes is 1. The lowest BCUT2D eigenvalue weighted by Gasteiger charge is -2.38. The van der Waals surface area contributed by atoms with Gasteiger partial charge in [-0.25, -0.2) is 0 Å². The highest BCUT2D eigenvalue weighted by atomic mass is 16.3. The van der Waals surface area contributed by atoms with Crippen LogP contribution in [0.15, 0.2) is 0 Å². The molecule has 342 valence electrons. The molecule has 2 saturated carbocycles. The van der Waals surface area contributed by atoms with E-state index < -0.39 is 0 Å². The van der Waals surface area contributed by atoms with Gasteiger partial charge in [-0.2, -0.15) is 0 Å². The Morgan fingerprint density at radius 1 is 0.550 bits per heavy atom. The van der Waals surface area contributed by atoms with Crippen molar-refractivity contribution in [3.05, 3.63) is 0 Å². The van der Waals surface area contributed by atoms with Gasteiger partial charge in [-0.3, -0.25) is 19.2 Å². The third-order valence-electron chi connectivity index (χ3n) is 18.0. The quantitative estimate of drug-likeness (QED) is 0.277. The number of fused-ring (bicyclic) bond motifs is 6. The van der Waals surface area contributed by atoms with E-state index in [-0.39, 0.29) is 93.3 Å². The summed E-state index contributed by atoms with van der Waals surface area (Å²) in [4.78, 5) is 69.5. The fourth-order valence-electron chi connectivity index (χ4n) is 12.4. The highest BCUT2D eigenvalue weighted by Crippen LogP contribution is 2.66. The van der Waals surface area contributed by atoms with E-state index in [2.05, 4.69) is 69.2 Å². The lowest BCUT2D eigenvalue weighted by molar-refractivity contribution is -0.146. The average molecular weight is 837 g/mol. The van der Waals surface area contributed by atoms with Gasteiger partial charge >= 0.3 is 0 Å². The number of carbonyl (C=O) groups excluding carboxylic acids is 5. The van der Waals surface area contributed by atoms with Crippen molar-refractivity contribution in [2.45, 2.75) is 210 Å². The molecule has 0 bridgehead atoms. The fraction of sp³-hybridized carbons (Fsp3) is 0.904. The van der Waals surface area contributed by atoms with Crippen molar-refractivity contribution >= 4 is 29.7 Å². The van der Waals surface area contributed by atoms with Crippen LogP contribution in [0.25, 0.3) is 0 Å². The first-order valence-electron chi connectivity index (χ1n) is 24.9. The minimum absolute atomic E-state index is 0.0416. The van der Waals surface area contributed by atoms with E-state index >= 15 is 0 Å². The number of rotatable bonds is 2. The number of carbonyl (C=O) groups is 5. The van der Waals surface area contributed by atoms with Crippen molar-refractivity contribution < 1.29 is 29.1 Å². The van der Waals surface area contributed by atoms with E-state index in [0.717, 1.165) is 57.8 Å². The van der Waals surface area contributed by atoms with E-state index in [1.54, 1.807) is 0 Å². The molecule has 0 aromatic heterocycles. The third-order valence-corrected chi connectivity index (χ3v) is 18.0. The van der Waals surface area contributed by atoms with Gasteiger partial charge in [0.05, 0.1) is 12.1 Å². The Morgan fingerprint density at radius 2 is 0.917 bits per heavy atom. The number of aliphatic hydroxyl groups excluding tert-OH is 1. The summed E-state index contributed by atoms with van der Waals surface area (Å²) in [6, 6.07) is -0.602. The Bertz CT molecular complexity index is 1500. The maximum absolute atomic E-state index is 13.6. The van der Waals surface area contributed by atoms with E-state index in [1.165, 1.54) is 70.6 Å². The van der Waals surface area contributed by atoms with Gasteiger partial charge in [0, 0.05) is 50.3 Å². The number of hydrogen-bond acceptors (Lipinski definition) is 6. The second kappa shape index (κ2) is 20.2. The number of nitrogens with zero attached hydrogens (tertiary/aromatic N) is 2. The molecule has 1 N–H and O–H groups in total. The lowest BCUT2D eigenvalue weighted by atomic mass is 9.75. The molecule has 60 heavy (non-hydrogen) atoms. The number of piperidine rings is 2. The van der Waals surface area contributed by atoms with E-state index in [1.807, 2.05) is 9.80 Å². The lowest BCUT2D eigenvalue weighted by Crippen LogP contribution is -2.50. The van der Waals surface area contributed by atoms with Crippen molar-refractivity contribution in [3.63, 3.8) is 0 Å². The van der Waals surface area contributed by atoms with Crippen molar-refractivity contribution in [1.29, 1.82) is 0 Å². The molecule has 2 amide bonds. The van der Waals surface area contributed by atoms with Gasteiger partial charge in [-0.1, -0.05) is 159 Å². The average Bonchev–Trinajstić information content (AvgIpc) is 3.66. The van der Waals surface area contributed by atoms with E-state index in [9.17, 15) is 29.1 Å². The molecule has 8 heteroatoms. The van der Waals surface area contributed by atoms with Crippen LogP contribution in [0, 0.1) is 69.0 Å². The van der Waals surface area contributed by atoms with Crippen molar-refractivity contribution in [1.82, 2.24) is 9.80 Å². The first-order valence-corrected chi connectivity index (χ1v) is 24.9. The van der Waals surface area contributed by atoms with Crippen LogP contribution < -0.4 is 0 Å². The van der Waals surface area contributed by atoms with Gasteiger partial charge in [0.1, 0.15) is 6.29 Å². The summed E-state index contributed by atoms with van der Waals surface area (Å²) in [5.41, 5.74) is 0.176. The minimum Gasteiger partial charge on any atom is -0.396 e. The Hall–Kier alpha value is -2.09. The molecule has 4 heterocycles. The summed E-state index contributed by atoms with van der Waals surface area (Å²) in [5, 5.41) is 9.88. The number of Topliss-reactive ketones (excluding diaryl/α,β-unsaturated/α-hetero) is 2. The molecule has 4 aliphatic heterocycles. The Kier molecular flexibility index (Phi) is 16.5. The third kappa shape index (κ3) is 11.0. The molecule has 2 unspecified atom stereocenters. The van der Waals surface area contributed by atoms with E-state index in [4.69, 9.17) is 0 Å². The van der Waals surface area contributed by atoms with Crippen LogP contribution in [-0.4, -0.2) is 76.4 Å². The summed E-state index contributed by atoms with van der Waals surface area (Å²) in [6.07, 6.45) is 22.3. The van der Waals surface area contributed by atoms with Crippen molar-refractivity contribution in [2.75, 3.05) is 19.7 Å². The Morgan fingerprint density at radius 3 is 1.32 bits per heavy atom. The molecule has 0 aromatic rings. The molecule has 0 aromatic carbocycles. The topological polar surface area (TPSA) is 112 Å². The van der Waals surface area contributed by atoms with Gasteiger partial charge in [-0.15, -0.1) is 0 Å². The number of aliphatic hydroxyl groups is 1. The molecule has 0 spiro atoms. The van der Waals surface area contributed by atoms with Crippen LogP contribution in [0.2, 0.25) is 0 Å². The first kappa shape index (κ1) is 48.9. The second-order valence-electron chi connectivity index (χ2n) is 23.5. The van der Waals surface area contributed by atoms with Crippen molar-refractivity contribution in [3.8, 4) is 0 Å². The molecule has 8 nitrogen and oxygen atoms in total. The summed E-state index contributed by atoms with van der Waals surface area (Å²) in [7, 11) is 0. The largest absolute Gasteiger partial charge is 0.396 e. The standard InChI is InChI=1S/C26H45NO3.C26H43NO3/c2*1-18-24(30)27-16-20-22(26(20,4)5)23(27)21(29)15-19(17-28)13-11-9-7-6-8-10-12-14-25(18,2)3/h18-20,22-23,28H,6-17H2,1-5H3;17-20,22-23H,6-16H2,1-5H3/t2*18-,19-,20?,22+,23-/m11/s1. The number of hydrogen-bond donors (Lipinski definition) is 1. The predicted octanol–water partition coefficient (Wildman–Crippen LogP) is 10.7. The van der Waals surface area contributed by atoms with Crippen molar-refractivity contribution in [2.24, 2.45) is 69.0 Å². The van der Waals surface area contributed by atoms with Gasteiger partial charge in [0.25, 0.3) is 0 Å². The molecule has 0 radical (unpaired) electrons. The number of ketones is 2. The maximum atomic E-state index is 13.6. The SMILES string of the molecule is C[C@@H]1C(=O)N2CC3[C@@H]([C@H]2C(=O)C[C@H](C=O)CCCCCCCCCC1(C)C)C3(C)C.C[C@@H]1C(=O)N2CC3[C@@H]([C@H]2C(=O)C[C@H](CO)CCCCCCCCCC1(C)C)C3(C)C. The highest BCUT2D eigenvalue weighted by Gasteiger charge is 2.70. The van der Waals surface area contributed by atoms with Gasteiger partial charge in [0.2, 0.25) is 11.8 Å². The summed E-state index contributed by atoms with van der Waals surface area (Å²) in [5.74, 6) is 1.74. The maximum Gasteiger partial charge on any atom is 0.226 e. The van der Waals surface area contributed by atoms with Gasteiger partial charge in [0.15, 0.2) is 11.6 Å². The van der Waals surface area contributed by atoms with Gasteiger partial charge in [-0.05, 0) is 76.9 Å². The van der Waals surface area contributed by atoms with Crippen LogP contribution in [-0.2, 0) is 24.0 Å². The highest BCUT2D eigenvalue weighted by molar-refractivity contribution is 5.93. The van der Waals surface area contributed by atoms with Crippen LogP contribution >= 0.6 is 0 Å². The van der Waals surface area contributed by atoms with E-state index in [0.29, 0.717) is 37.1 Å². The zero-order valence-corrected chi connectivity index (χ0v) is 40.0. The minimum atomic E-state index is -0.325. The molecule has 4 saturated heterocycles. The summed E-state index contributed by atoms with van der Waals surface area (Å²) >= 11 is 0. The van der Waals surface area contributed by atoms with Crippen LogP contribution in [0.4, 0.5) is 0 Å². The first-order chi connectivity index (χ1) is 28.2. The Balaban J connectivity index is 0.000000228. The molecule has 6 aliphatic rings. The zero-order valence-electron chi connectivity index (χ0n) is 40.0. The molecular weight excluding hydrogens is 749 g/mol. The summed E-state index contributed by atoms with van der Waals surface area (Å²) < 4.78 is 0.